The highest BCUT2D eigenvalue weighted by atomic mass is 19.4. The first-order valence-corrected chi connectivity index (χ1v) is 7.27. The molecule has 124 valence electrons. The number of hydrogen-bond acceptors (Lipinski definition) is 2. The topological polar surface area (TPSA) is 29.3 Å². The van der Waals surface area contributed by atoms with Crippen LogP contribution in [0.3, 0.4) is 0 Å². The Kier molecular flexibility index (Phi) is 5.13. The van der Waals surface area contributed by atoms with Crippen molar-refractivity contribution < 1.29 is 17.6 Å². The van der Waals surface area contributed by atoms with E-state index in [2.05, 4.69) is 0 Å². The average Bonchev–Trinajstić information content (AvgIpc) is 2.46. The number of nitrogens with zero attached hydrogens (tertiary/aromatic N) is 1. The van der Waals surface area contributed by atoms with Crippen LogP contribution >= 0.6 is 0 Å². The lowest BCUT2D eigenvalue weighted by molar-refractivity contribution is -0.137. The van der Waals surface area contributed by atoms with E-state index >= 15 is 0 Å². The lowest BCUT2D eigenvalue weighted by Gasteiger charge is -2.25. The summed E-state index contributed by atoms with van der Waals surface area (Å²) in [4.78, 5) is 1.79. The molecule has 0 aromatic heterocycles. The number of anilines is 2. The molecule has 0 aliphatic carbocycles. The van der Waals surface area contributed by atoms with Crippen LogP contribution in [-0.2, 0) is 12.7 Å². The summed E-state index contributed by atoms with van der Waals surface area (Å²) >= 11 is 0. The summed E-state index contributed by atoms with van der Waals surface area (Å²) < 4.78 is 51.8. The molecule has 0 radical (unpaired) electrons. The molecule has 6 heteroatoms. The molecule has 0 aliphatic rings. The third-order valence-electron chi connectivity index (χ3n) is 3.46. The highest BCUT2D eigenvalue weighted by molar-refractivity contribution is 5.54. The molecule has 0 aliphatic heterocycles. The Morgan fingerprint density at radius 2 is 1.70 bits per heavy atom. The van der Waals surface area contributed by atoms with Crippen LogP contribution in [0.4, 0.5) is 28.9 Å². The van der Waals surface area contributed by atoms with E-state index in [4.69, 9.17) is 5.73 Å². The van der Waals surface area contributed by atoms with Crippen molar-refractivity contribution in [1.29, 1.82) is 0 Å². The van der Waals surface area contributed by atoms with Crippen LogP contribution in [0, 0.1) is 5.82 Å². The maximum absolute atomic E-state index is 14.1. The van der Waals surface area contributed by atoms with Crippen LogP contribution in [0.2, 0.25) is 0 Å². The van der Waals surface area contributed by atoms with Gasteiger partial charge in [0.05, 0.1) is 11.3 Å². The fourth-order valence-electron chi connectivity index (χ4n) is 2.35. The Hall–Kier alpha value is -2.24. The smallest absolute Gasteiger partial charge is 0.399 e. The number of halogens is 4. The summed E-state index contributed by atoms with van der Waals surface area (Å²) in [6.07, 6.45) is -3.57. The van der Waals surface area contributed by atoms with Gasteiger partial charge in [-0.15, -0.1) is 0 Å². The lowest BCUT2D eigenvalue weighted by atomic mass is 10.1. The van der Waals surface area contributed by atoms with Crippen molar-refractivity contribution in [3.05, 3.63) is 59.4 Å². The third-order valence-corrected chi connectivity index (χ3v) is 3.46. The molecular formula is C17H18F4N2. The first kappa shape index (κ1) is 17.1. The predicted octanol–water partition coefficient (Wildman–Crippen LogP) is 4.84. The Balaban J connectivity index is 2.22. The summed E-state index contributed by atoms with van der Waals surface area (Å²) in [5, 5.41) is 0. The Morgan fingerprint density at radius 1 is 1.04 bits per heavy atom. The van der Waals surface area contributed by atoms with Crippen LogP contribution in [0.1, 0.15) is 24.5 Å². The number of hydrogen-bond donors (Lipinski definition) is 1. The van der Waals surface area contributed by atoms with Crippen LogP contribution in [-0.4, -0.2) is 6.54 Å². The molecule has 0 unspecified atom stereocenters. The van der Waals surface area contributed by atoms with Gasteiger partial charge in [-0.3, -0.25) is 0 Å². The summed E-state index contributed by atoms with van der Waals surface area (Å²) in [6.45, 7) is 2.86. The molecule has 0 fully saturated rings. The molecule has 0 saturated heterocycles. The normalized spacial score (nSPS) is 11.5. The van der Waals surface area contributed by atoms with Gasteiger partial charge in [0.25, 0.3) is 0 Å². The van der Waals surface area contributed by atoms with Gasteiger partial charge in [-0.2, -0.15) is 13.2 Å². The Bertz CT molecular complexity index is 651. The number of rotatable bonds is 5. The largest absolute Gasteiger partial charge is 0.416 e. The Labute approximate surface area is 132 Å². The molecule has 2 aromatic rings. The van der Waals surface area contributed by atoms with Crippen LogP contribution in [0.5, 0.6) is 0 Å². The van der Waals surface area contributed by atoms with E-state index in [1.54, 1.807) is 17.0 Å². The first-order chi connectivity index (χ1) is 10.8. The minimum atomic E-state index is -4.36. The second-order valence-corrected chi connectivity index (χ2v) is 5.33. The van der Waals surface area contributed by atoms with Crippen molar-refractivity contribution in [3.8, 4) is 0 Å². The predicted molar refractivity (Wildman–Crippen MR) is 83.6 cm³/mol. The highest BCUT2D eigenvalue weighted by Crippen LogP contribution is 2.30. The van der Waals surface area contributed by atoms with E-state index in [1.165, 1.54) is 18.2 Å². The number of nitrogen functional groups attached to an aromatic ring is 1. The molecule has 0 saturated carbocycles. The maximum Gasteiger partial charge on any atom is 0.416 e. The van der Waals surface area contributed by atoms with Crippen molar-refractivity contribution in [2.45, 2.75) is 26.1 Å². The lowest BCUT2D eigenvalue weighted by Crippen LogP contribution is -2.24. The van der Waals surface area contributed by atoms with E-state index < -0.39 is 17.6 Å². The number of nitrogens with two attached hydrogens (primary N) is 1. The second kappa shape index (κ2) is 6.89. The molecule has 0 heterocycles. The van der Waals surface area contributed by atoms with Gasteiger partial charge in [0.2, 0.25) is 0 Å². The van der Waals surface area contributed by atoms with Gasteiger partial charge >= 0.3 is 6.18 Å². The molecule has 2 aromatic carbocycles. The van der Waals surface area contributed by atoms with Gasteiger partial charge < -0.3 is 10.6 Å². The molecule has 23 heavy (non-hydrogen) atoms. The number of benzene rings is 2. The molecule has 0 atom stereocenters. The van der Waals surface area contributed by atoms with E-state index in [0.717, 1.165) is 18.6 Å². The van der Waals surface area contributed by atoms with Crippen LogP contribution < -0.4 is 10.6 Å². The fourth-order valence-corrected chi connectivity index (χ4v) is 2.35. The summed E-state index contributed by atoms with van der Waals surface area (Å²) in [5.74, 6) is -0.439. The molecule has 0 bridgehead atoms. The molecule has 2 N–H and O–H groups in total. The first-order valence-electron chi connectivity index (χ1n) is 7.27. The molecule has 2 rings (SSSR count). The minimum Gasteiger partial charge on any atom is -0.399 e. The third kappa shape index (κ3) is 4.37. The van der Waals surface area contributed by atoms with Crippen LogP contribution in [0.25, 0.3) is 0 Å². The Morgan fingerprint density at radius 3 is 2.22 bits per heavy atom. The van der Waals surface area contributed by atoms with Gasteiger partial charge in [-0.05, 0) is 42.3 Å². The van der Waals surface area contributed by atoms with Crippen molar-refractivity contribution in [3.63, 3.8) is 0 Å². The van der Waals surface area contributed by atoms with Crippen molar-refractivity contribution in [1.82, 2.24) is 0 Å². The maximum atomic E-state index is 14.1. The molecule has 0 spiro atoms. The van der Waals surface area contributed by atoms with Gasteiger partial charge in [0.1, 0.15) is 5.82 Å². The van der Waals surface area contributed by atoms with E-state index in [0.29, 0.717) is 30.0 Å². The van der Waals surface area contributed by atoms with E-state index in [1.807, 2.05) is 6.92 Å². The molecular weight excluding hydrogens is 308 g/mol. The summed E-state index contributed by atoms with van der Waals surface area (Å²) in [7, 11) is 0. The SMILES string of the molecule is CCCN(Cc1ccc(C(F)(F)F)cc1)c1ccc(N)cc1F. The van der Waals surface area contributed by atoms with Crippen molar-refractivity contribution in [2.24, 2.45) is 0 Å². The summed E-state index contributed by atoms with van der Waals surface area (Å²) in [6, 6.07) is 9.35. The average molecular weight is 326 g/mol. The van der Waals surface area contributed by atoms with Gasteiger partial charge in [-0.1, -0.05) is 19.1 Å². The monoisotopic (exact) mass is 326 g/mol. The van der Waals surface area contributed by atoms with Gasteiger partial charge in [0, 0.05) is 18.8 Å². The van der Waals surface area contributed by atoms with Crippen LogP contribution in [0.15, 0.2) is 42.5 Å². The summed E-state index contributed by atoms with van der Waals surface area (Å²) in [5.41, 5.74) is 6.26. The van der Waals surface area contributed by atoms with Gasteiger partial charge in [0.15, 0.2) is 0 Å². The van der Waals surface area contributed by atoms with Gasteiger partial charge in [-0.25, -0.2) is 4.39 Å². The zero-order chi connectivity index (χ0) is 17.0. The zero-order valence-corrected chi connectivity index (χ0v) is 12.7. The minimum absolute atomic E-state index is 0.326. The highest BCUT2D eigenvalue weighted by Gasteiger charge is 2.30. The quantitative estimate of drug-likeness (QED) is 0.629. The molecule has 2 nitrogen and oxygen atoms in total. The van der Waals surface area contributed by atoms with Crippen molar-refractivity contribution in [2.75, 3.05) is 17.2 Å². The second-order valence-electron chi connectivity index (χ2n) is 5.33. The standard InChI is InChI=1S/C17H18F4N2/c1-2-9-23(16-8-7-14(22)10-15(16)18)11-12-3-5-13(6-4-12)17(19,20)21/h3-8,10H,2,9,11,22H2,1H3. The van der Waals surface area contributed by atoms with E-state index in [-0.39, 0.29) is 0 Å². The fraction of sp³-hybridized carbons (Fsp3) is 0.294. The van der Waals surface area contributed by atoms with E-state index in [9.17, 15) is 17.6 Å². The zero-order valence-electron chi connectivity index (χ0n) is 12.7. The number of alkyl halides is 3. The van der Waals surface area contributed by atoms with Crippen molar-refractivity contribution >= 4 is 11.4 Å². The molecule has 0 amide bonds.